The van der Waals surface area contributed by atoms with E-state index in [1.54, 1.807) is 0 Å². The summed E-state index contributed by atoms with van der Waals surface area (Å²) in [6, 6.07) is 81.2. The van der Waals surface area contributed by atoms with E-state index in [4.69, 9.17) is 0 Å². The van der Waals surface area contributed by atoms with Gasteiger partial charge in [-0.15, -0.1) is 0 Å². The largest absolute Gasteiger partial charge is 0.0622 e. The Morgan fingerprint density at radius 2 is 0.633 bits per heavy atom. The first-order valence-electron chi connectivity index (χ1n) is 20.9. The molecule has 0 bridgehead atoms. The minimum atomic E-state index is 1.21. The first-order valence-corrected chi connectivity index (χ1v) is 20.9. The molecule has 0 heterocycles. The van der Waals surface area contributed by atoms with Crippen molar-refractivity contribution in [2.24, 2.45) is 0 Å². The molecule has 0 amide bonds. The standard InChI is InChI=1S/C60H36/c1-5-16-37(17-6-1)45-32-33-46(38-18-7-2-8-19-38)58-52-36-44(34-43-26-15-27-48(54(43)52)57(45)58)42-30-31-47-51(35-42)56(41-22-11-4-12-23-41)60-50-29-14-25-39-24-13-28-49(53(39)50)59(60)55(47)40-20-9-3-10-21-40/h1-36H. The van der Waals surface area contributed by atoms with Gasteiger partial charge in [-0.25, -0.2) is 0 Å². The Kier molecular flexibility index (Phi) is 7.11. The Hall–Kier alpha value is -7.80. The van der Waals surface area contributed by atoms with Crippen LogP contribution in [0, 0.1) is 0 Å². The summed E-state index contributed by atoms with van der Waals surface area (Å²) in [5, 5.41) is 7.75. The van der Waals surface area contributed by atoms with Crippen LogP contribution in [0.2, 0.25) is 0 Å². The predicted molar refractivity (Wildman–Crippen MR) is 255 cm³/mol. The smallest absolute Gasteiger partial charge is 0.000741 e. The lowest BCUT2D eigenvalue weighted by atomic mass is 9.81. The van der Waals surface area contributed by atoms with Crippen LogP contribution in [0.4, 0.5) is 0 Å². The van der Waals surface area contributed by atoms with Gasteiger partial charge >= 0.3 is 0 Å². The molecule has 0 radical (unpaired) electrons. The number of fused-ring (bicyclic) bond motifs is 7. The van der Waals surface area contributed by atoms with Crippen LogP contribution in [-0.2, 0) is 0 Å². The normalized spacial score (nSPS) is 12.0. The summed E-state index contributed by atoms with van der Waals surface area (Å²) in [4.78, 5) is 0. The third kappa shape index (κ3) is 4.73. The van der Waals surface area contributed by atoms with E-state index in [0.29, 0.717) is 0 Å². The first kappa shape index (κ1) is 33.2. The molecule has 0 heteroatoms. The van der Waals surface area contributed by atoms with Gasteiger partial charge in [0.15, 0.2) is 0 Å². The lowest BCUT2D eigenvalue weighted by Crippen LogP contribution is -1.94. The molecule has 0 aliphatic heterocycles. The molecule has 0 atom stereocenters. The highest BCUT2D eigenvalue weighted by Crippen LogP contribution is 2.59. The fraction of sp³-hybridized carbons (Fsp3) is 0. The summed E-state index contributed by atoms with van der Waals surface area (Å²) >= 11 is 0. The van der Waals surface area contributed by atoms with Crippen LogP contribution in [-0.4, -0.2) is 0 Å². The number of hydrogen-bond donors (Lipinski definition) is 0. The van der Waals surface area contributed by atoms with E-state index >= 15 is 0 Å². The quantitative estimate of drug-likeness (QED) is 0.164. The summed E-state index contributed by atoms with van der Waals surface area (Å²) < 4.78 is 0. The van der Waals surface area contributed by atoms with Gasteiger partial charge in [0.1, 0.15) is 0 Å². The molecule has 0 spiro atoms. The second-order valence-corrected chi connectivity index (χ2v) is 16.3. The summed E-state index contributed by atoms with van der Waals surface area (Å²) in [6.45, 7) is 0. The summed E-state index contributed by atoms with van der Waals surface area (Å²) in [5.41, 5.74) is 23.0. The molecule has 0 unspecified atom stereocenters. The highest BCUT2D eigenvalue weighted by molar-refractivity contribution is 6.28. The van der Waals surface area contributed by atoms with Crippen molar-refractivity contribution in [2.75, 3.05) is 0 Å². The number of rotatable bonds is 5. The lowest BCUT2D eigenvalue weighted by molar-refractivity contribution is 1.59. The van der Waals surface area contributed by atoms with Crippen LogP contribution in [0.1, 0.15) is 0 Å². The minimum absolute atomic E-state index is 1.21. The van der Waals surface area contributed by atoms with Crippen LogP contribution in [0.25, 0.3) is 132 Å². The van der Waals surface area contributed by atoms with Gasteiger partial charge in [-0.1, -0.05) is 200 Å². The van der Waals surface area contributed by atoms with E-state index in [1.807, 2.05) is 0 Å². The summed E-state index contributed by atoms with van der Waals surface area (Å²) in [6.07, 6.45) is 0. The van der Waals surface area contributed by atoms with Crippen molar-refractivity contribution in [1.29, 1.82) is 0 Å². The summed E-state index contributed by atoms with van der Waals surface area (Å²) in [7, 11) is 0. The van der Waals surface area contributed by atoms with Crippen LogP contribution in [0.3, 0.4) is 0 Å². The third-order valence-corrected chi connectivity index (χ3v) is 13.1. The van der Waals surface area contributed by atoms with Crippen molar-refractivity contribution in [1.82, 2.24) is 0 Å². The molecule has 0 nitrogen and oxygen atoms in total. The molecule has 0 saturated carbocycles. The zero-order valence-electron chi connectivity index (χ0n) is 32.8. The van der Waals surface area contributed by atoms with Gasteiger partial charge in [-0.3, -0.25) is 0 Å². The first-order chi connectivity index (χ1) is 29.8. The Labute approximate surface area is 349 Å². The SMILES string of the molecule is c1ccc(-c2ccc(-c3ccccc3)c3c2-c2cccc4cc(-c5ccc6c(-c7ccccc7)c7c(c(-c8ccccc8)c6c5)-c5cccc6cccc-7c56)cc-3c24)cc1. The molecule has 0 fully saturated rings. The van der Waals surface area contributed by atoms with E-state index in [2.05, 4.69) is 218 Å². The van der Waals surface area contributed by atoms with Gasteiger partial charge in [0.25, 0.3) is 0 Å². The van der Waals surface area contributed by atoms with Crippen molar-refractivity contribution < 1.29 is 0 Å². The van der Waals surface area contributed by atoms with Crippen LogP contribution in [0.15, 0.2) is 218 Å². The molecule has 0 aromatic heterocycles. The second-order valence-electron chi connectivity index (χ2n) is 16.3. The Morgan fingerprint density at radius 1 is 0.183 bits per heavy atom. The molecule has 11 aromatic carbocycles. The van der Waals surface area contributed by atoms with Crippen molar-refractivity contribution in [3.8, 4) is 100 Å². The number of hydrogen-bond acceptors (Lipinski definition) is 0. The van der Waals surface area contributed by atoms with Gasteiger partial charge in [0.05, 0.1) is 0 Å². The molecule has 2 aliphatic rings. The fourth-order valence-corrected chi connectivity index (χ4v) is 10.7. The van der Waals surface area contributed by atoms with Crippen LogP contribution < -0.4 is 0 Å². The van der Waals surface area contributed by atoms with Gasteiger partial charge < -0.3 is 0 Å². The van der Waals surface area contributed by atoms with E-state index < -0.39 is 0 Å². The second kappa shape index (κ2) is 12.9. The molecular weight excluding hydrogens is 721 g/mol. The maximum Gasteiger partial charge on any atom is -0.000741 e. The monoisotopic (exact) mass is 756 g/mol. The lowest BCUT2D eigenvalue weighted by Gasteiger charge is -2.21. The van der Waals surface area contributed by atoms with E-state index in [-0.39, 0.29) is 0 Å². The van der Waals surface area contributed by atoms with Crippen molar-refractivity contribution >= 4 is 32.3 Å². The molecule has 13 rings (SSSR count). The molecule has 2 aliphatic carbocycles. The third-order valence-electron chi connectivity index (χ3n) is 13.1. The molecular formula is C60H36. The molecule has 60 heavy (non-hydrogen) atoms. The average Bonchev–Trinajstić information content (AvgIpc) is 3.83. The zero-order chi connectivity index (χ0) is 39.3. The molecule has 0 saturated heterocycles. The van der Waals surface area contributed by atoms with Crippen molar-refractivity contribution in [3.63, 3.8) is 0 Å². The Bertz CT molecular complexity index is 3540. The minimum Gasteiger partial charge on any atom is -0.0622 e. The van der Waals surface area contributed by atoms with Gasteiger partial charge in [0.2, 0.25) is 0 Å². The van der Waals surface area contributed by atoms with Gasteiger partial charge in [-0.05, 0) is 151 Å². The summed E-state index contributed by atoms with van der Waals surface area (Å²) in [5.74, 6) is 0. The zero-order valence-corrected chi connectivity index (χ0v) is 32.8. The fourth-order valence-electron chi connectivity index (χ4n) is 10.7. The highest BCUT2D eigenvalue weighted by atomic mass is 14.3. The van der Waals surface area contributed by atoms with Crippen molar-refractivity contribution in [3.05, 3.63) is 218 Å². The van der Waals surface area contributed by atoms with Crippen molar-refractivity contribution in [2.45, 2.75) is 0 Å². The van der Waals surface area contributed by atoms with E-state index in [9.17, 15) is 0 Å². The Morgan fingerprint density at radius 3 is 1.18 bits per heavy atom. The molecule has 11 aromatic rings. The van der Waals surface area contributed by atoms with E-state index in [0.717, 1.165) is 0 Å². The number of benzene rings is 11. The Balaban J connectivity index is 1.12. The average molecular weight is 757 g/mol. The maximum absolute atomic E-state index is 2.49. The van der Waals surface area contributed by atoms with Gasteiger partial charge in [-0.2, -0.15) is 0 Å². The van der Waals surface area contributed by atoms with Crippen LogP contribution >= 0.6 is 0 Å². The topological polar surface area (TPSA) is 0 Å². The maximum atomic E-state index is 2.49. The molecule has 276 valence electrons. The molecule has 0 N–H and O–H groups in total. The van der Waals surface area contributed by atoms with Crippen LogP contribution in [0.5, 0.6) is 0 Å². The highest BCUT2D eigenvalue weighted by Gasteiger charge is 2.32. The van der Waals surface area contributed by atoms with E-state index in [1.165, 1.54) is 132 Å². The predicted octanol–water partition coefficient (Wildman–Crippen LogP) is 16.8. The van der Waals surface area contributed by atoms with Gasteiger partial charge in [0, 0.05) is 0 Å².